The number of carbonyl (C=O) groups excluding carboxylic acids is 1. The van der Waals surface area contributed by atoms with Gasteiger partial charge >= 0.3 is 0 Å². The number of halogens is 1. The Labute approximate surface area is 198 Å². The second-order valence-corrected chi connectivity index (χ2v) is 8.23. The van der Waals surface area contributed by atoms with E-state index in [2.05, 4.69) is 32.7 Å². The van der Waals surface area contributed by atoms with Crippen molar-refractivity contribution in [1.29, 1.82) is 0 Å². The van der Waals surface area contributed by atoms with Gasteiger partial charge in [0.25, 0.3) is 0 Å². The fraction of sp³-hybridized carbons (Fsp3) is 0.652. The molecule has 2 fully saturated rings. The Kier molecular flexibility index (Phi) is 11.5. The van der Waals surface area contributed by atoms with E-state index in [9.17, 15) is 4.79 Å². The molecule has 0 spiro atoms. The smallest absolute Gasteiger partial charge is 0.221 e. The Morgan fingerprint density at radius 2 is 1.93 bits per heavy atom. The molecule has 2 N–H and O–H groups in total. The number of aliphatic imine (C=N–C) groups is 1. The van der Waals surface area contributed by atoms with Gasteiger partial charge < -0.3 is 20.3 Å². The van der Waals surface area contributed by atoms with E-state index >= 15 is 0 Å². The summed E-state index contributed by atoms with van der Waals surface area (Å²) in [4.78, 5) is 18.8. The lowest BCUT2D eigenvalue weighted by molar-refractivity contribution is -0.121. The van der Waals surface area contributed by atoms with Gasteiger partial charge in [0, 0.05) is 45.1 Å². The number of ether oxygens (including phenoxy) is 1. The van der Waals surface area contributed by atoms with Gasteiger partial charge in [-0.05, 0) is 24.8 Å². The minimum Gasteiger partial charge on any atom is -0.376 e. The van der Waals surface area contributed by atoms with E-state index in [0.717, 1.165) is 44.9 Å². The summed E-state index contributed by atoms with van der Waals surface area (Å²) >= 11 is 0. The number of amides is 1. The zero-order chi connectivity index (χ0) is 20.3. The molecule has 1 aromatic carbocycles. The van der Waals surface area contributed by atoms with Gasteiger partial charge in [-0.1, -0.05) is 49.6 Å². The molecular weight excluding hydrogens is 491 g/mol. The lowest BCUT2D eigenvalue weighted by Crippen LogP contribution is -2.42. The minimum atomic E-state index is 0. The number of benzene rings is 1. The van der Waals surface area contributed by atoms with Gasteiger partial charge in [-0.25, -0.2) is 0 Å². The number of hydrogen-bond donors (Lipinski definition) is 2. The molecule has 1 saturated heterocycles. The van der Waals surface area contributed by atoms with E-state index in [0.29, 0.717) is 31.5 Å². The Bertz CT molecular complexity index is 650. The predicted molar refractivity (Wildman–Crippen MR) is 132 cm³/mol. The van der Waals surface area contributed by atoms with Gasteiger partial charge in [0.2, 0.25) is 5.91 Å². The molecule has 1 unspecified atom stereocenters. The number of rotatable bonds is 8. The van der Waals surface area contributed by atoms with Crippen LogP contribution in [-0.4, -0.2) is 56.1 Å². The van der Waals surface area contributed by atoms with Crippen molar-refractivity contribution in [2.45, 2.75) is 57.6 Å². The monoisotopic (exact) mass is 528 g/mol. The van der Waals surface area contributed by atoms with Crippen molar-refractivity contribution in [2.24, 2.45) is 10.9 Å². The maximum absolute atomic E-state index is 12.2. The first-order valence-electron chi connectivity index (χ1n) is 11.1. The minimum absolute atomic E-state index is 0. The summed E-state index contributed by atoms with van der Waals surface area (Å²) in [6.45, 7) is 3.99. The summed E-state index contributed by atoms with van der Waals surface area (Å²) in [6.07, 6.45) is 7.63. The number of nitrogens with zero attached hydrogens (tertiary/aromatic N) is 2. The number of guanidine groups is 1. The van der Waals surface area contributed by atoms with Crippen molar-refractivity contribution in [1.82, 2.24) is 15.5 Å². The highest BCUT2D eigenvalue weighted by molar-refractivity contribution is 14.0. The van der Waals surface area contributed by atoms with Crippen molar-refractivity contribution < 1.29 is 9.53 Å². The SMILES string of the molecule is CN=C(NCCC(=O)NC1CCCCC1)N1CCC(COCc2ccccc2)C1.I. The van der Waals surface area contributed by atoms with Gasteiger partial charge in [0.1, 0.15) is 0 Å². The van der Waals surface area contributed by atoms with E-state index in [4.69, 9.17) is 4.74 Å². The van der Waals surface area contributed by atoms with Crippen LogP contribution in [0.3, 0.4) is 0 Å². The van der Waals surface area contributed by atoms with Crippen LogP contribution in [0.25, 0.3) is 0 Å². The molecule has 6 nitrogen and oxygen atoms in total. The standard InChI is InChI=1S/C23H36N4O2.HI/c1-24-23(25-14-12-22(28)26-21-10-6-3-7-11-21)27-15-13-20(16-27)18-29-17-19-8-4-2-5-9-19;/h2,4-5,8-9,20-21H,3,6-7,10-18H2,1H3,(H,24,25)(H,26,28);1H. The zero-order valence-electron chi connectivity index (χ0n) is 18.1. The molecule has 0 bridgehead atoms. The van der Waals surface area contributed by atoms with Crippen molar-refractivity contribution in [3.05, 3.63) is 35.9 Å². The summed E-state index contributed by atoms with van der Waals surface area (Å²) in [7, 11) is 1.81. The van der Waals surface area contributed by atoms with E-state index in [1.165, 1.54) is 24.8 Å². The first kappa shape index (κ1) is 24.9. The molecule has 1 saturated carbocycles. The molecule has 168 valence electrons. The van der Waals surface area contributed by atoms with Gasteiger partial charge in [-0.2, -0.15) is 0 Å². The molecule has 1 heterocycles. The second kappa shape index (κ2) is 13.9. The Hall–Kier alpha value is -1.35. The summed E-state index contributed by atoms with van der Waals surface area (Å²) < 4.78 is 5.91. The molecule has 2 aliphatic rings. The van der Waals surface area contributed by atoms with Crippen LogP contribution in [-0.2, 0) is 16.1 Å². The van der Waals surface area contributed by atoms with E-state index in [1.54, 1.807) is 0 Å². The van der Waals surface area contributed by atoms with Crippen LogP contribution in [0.2, 0.25) is 0 Å². The molecule has 1 aromatic rings. The summed E-state index contributed by atoms with van der Waals surface area (Å²) in [5.74, 6) is 1.56. The third-order valence-electron chi connectivity index (χ3n) is 5.87. The Balaban J connectivity index is 0.00000320. The average Bonchev–Trinajstić information content (AvgIpc) is 3.21. The molecule has 30 heavy (non-hydrogen) atoms. The molecule has 1 amide bonds. The fourth-order valence-electron chi connectivity index (χ4n) is 4.25. The molecule has 0 aromatic heterocycles. The van der Waals surface area contributed by atoms with Crippen LogP contribution in [0, 0.1) is 5.92 Å². The lowest BCUT2D eigenvalue weighted by Gasteiger charge is -2.24. The third-order valence-corrected chi connectivity index (χ3v) is 5.87. The van der Waals surface area contributed by atoms with Crippen LogP contribution in [0.5, 0.6) is 0 Å². The highest BCUT2D eigenvalue weighted by atomic mass is 127. The van der Waals surface area contributed by atoms with Crippen molar-refractivity contribution in [3.8, 4) is 0 Å². The summed E-state index contributed by atoms with van der Waals surface area (Å²) in [5, 5.41) is 6.53. The molecule has 3 rings (SSSR count). The van der Waals surface area contributed by atoms with Gasteiger partial charge in [-0.15, -0.1) is 24.0 Å². The molecule has 1 aliphatic carbocycles. The van der Waals surface area contributed by atoms with Crippen molar-refractivity contribution in [2.75, 3.05) is 33.3 Å². The van der Waals surface area contributed by atoms with Crippen LogP contribution >= 0.6 is 24.0 Å². The van der Waals surface area contributed by atoms with Crippen LogP contribution < -0.4 is 10.6 Å². The molecular formula is C23H37IN4O2. The zero-order valence-corrected chi connectivity index (χ0v) is 20.5. The molecule has 1 atom stereocenters. The van der Waals surface area contributed by atoms with Gasteiger partial charge in [-0.3, -0.25) is 9.79 Å². The topological polar surface area (TPSA) is 66.0 Å². The predicted octanol–water partition coefficient (Wildman–Crippen LogP) is 3.56. The number of carbonyl (C=O) groups is 1. The quantitative estimate of drug-likeness (QED) is 0.308. The fourth-order valence-corrected chi connectivity index (χ4v) is 4.25. The van der Waals surface area contributed by atoms with E-state index < -0.39 is 0 Å². The molecule has 0 radical (unpaired) electrons. The third kappa shape index (κ3) is 8.41. The lowest BCUT2D eigenvalue weighted by atomic mass is 9.95. The Morgan fingerprint density at radius 3 is 2.67 bits per heavy atom. The molecule has 1 aliphatic heterocycles. The Morgan fingerprint density at radius 1 is 1.17 bits per heavy atom. The van der Waals surface area contributed by atoms with Crippen molar-refractivity contribution in [3.63, 3.8) is 0 Å². The number of likely N-dealkylation sites (tertiary alicyclic amines) is 1. The highest BCUT2D eigenvalue weighted by Gasteiger charge is 2.25. The summed E-state index contributed by atoms with van der Waals surface area (Å²) in [5.41, 5.74) is 1.21. The largest absolute Gasteiger partial charge is 0.376 e. The van der Waals surface area contributed by atoms with Gasteiger partial charge in [0.15, 0.2) is 5.96 Å². The maximum atomic E-state index is 12.2. The van der Waals surface area contributed by atoms with Crippen LogP contribution in [0.4, 0.5) is 0 Å². The van der Waals surface area contributed by atoms with E-state index in [-0.39, 0.29) is 29.9 Å². The maximum Gasteiger partial charge on any atom is 0.221 e. The first-order valence-corrected chi connectivity index (χ1v) is 11.1. The normalized spacial score (nSPS) is 20.0. The molecule has 7 heteroatoms. The highest BCUT2D eigenvalue weighted by Crippen LogP contribution is 2.18. The number of hydrogen-bond acceptors (Lipinski definition) is 3. The average molecular weight is 528 g/mol. The van der Waals surface area contributed by atoms with Crippen molar-refractivity contribution >= 4 is 35.8 Å². The van der Waals surface area contributed by atoms with Gasteiger partial charge in [0.05, 0.1) is 13.2 Å². The number of nitrogens with one attached hydrogen (secondary N) is 2. The van der Waals surface area contributed by atoms with Crippen LogP contribution in [0.15, 0.2) is 35.3 Å². The van der Waals surface area contributed by atoms with Crippen LogP contribution in [0.1, 0.15) is 50.5 Å². The first-order chi connectivity index (χ1) is 14.2. The summed E-state index contributed by atoms with van der Waals surface area (Å²) in [6, 6.07) is 10.7. The second-order valence-electron chi connectivity index (χ2n) is 8.23. The van der Waals surface area contributed by atoms with E-state index in [1.807, 2.05) is 25.2 Å².